The lowest BCUT2D eigenvalue weighted by molar-refractivity contribution is 0.0948. The van der Waals surface area contributed by atoms with Crippen molar-refractivity contribution >= 4 is 36.4 Å². The predicted molar refractivity (Wildman–Crippen MR) is 89.9 cm³/mol. The summed E-state index contributed by atoms with van der Waals surface area (Å²) < 4.78 is 1.79. The van der Waals surface area contributed by atoms with Gasteiger partial charge in [0.2, 0.25) is 0 Å². The summed E-state index contributed by atoms with van der Waals surface area (Å²) in [6, 6.07) is 5.81. The van der Waals surface area contributed by atoms with E-state index in [2.05, 4.69) is 20.8 Å². The van der Waals surface area contributed by atoms with Crippen LogP contribution in [0.4, 0.5) is 5.69 Å². The highest BCUT2D eigenvalue weighted by molar-refractivity contribution is 5.97. The molecule has 2 N–H and O–H groups in total. The van der Waals surface area contributed by atoms with Crippen molar-refractivity contribution < 1.29 is 4.79 Å². The third-order valence-corrected chi connectivity index (χ3v) is 3.55. The number of halogens is 2. The molecular weight excluding hydrogens is 325 g/mol. The molecule has 1 amide bonds. The van der Waals surface area contributed by atoms with E-state index in [9.17, 15) is 4.79 Å². The van der Waals surface area contributed by atoms with E-state index in [4.69, 9.17) is 0 Å². The minimum atomic E-state index is -0.0615. The number of rotatable bonds is 3. The van der Waals surface area contributed by atoms with Crippen molar-refractivity contribution in [3.63, 3.8) is 0 Å². The molecule has 22 heavy (non-hydrogen) atoms. The molecule has 0 saturated carbocycles. The van der Waals surface area contributed by atoms with Crippen LogP contribution >= 0.6 is 24.8 Å². The third-order valence-electron chi connectivity index (χ3n) is 3.55. The summed E-state index contributed by atoms with van der Waals surface area (Å²) in [4.78, 5) is 12.3. The highest BCUT2D eigenvalue weighted by Gasteiger charge is 2.17. The van der Waals surface area contributed by atoms with E-state index < -0.39 is 0 Å². The molecule has 2 heterocycles. The molecule has 120 valence electrons. The molecule has 1 aromatic carbocycles. The highest BCUT2D eigenvalue weighted by atomic mass is 35.5. The number of hydrogen-bond acceptors (Lipinski definition) is 4. The smallest absolute Gasteiger partial charge is 0.252 e. The zero-order chi connectivity index (χ0) is 13.9. The van der Waals surface area contributed by atoms with E-state index >= 15 is 0 Å². The van der Waals surface area contributed by atoms with Crippen LogP contribution in [-0.2, 0) is 20.0 Å². The Morgan fingerprint density at radius 2 is 2.23 bits per heavy atom. The van der Waals surface area contributed by atoms with E-state index in [1.54, 1.807) is 10.9 Å². The second-order valence-electron chi connectivity index (χ2n) is 4.90. The number of aromatic nitrogens is 3. The average Bonchev–Trinajstić information content (AvgIpc) is 2.89. The first kappa shape index (κ1) is 18.3. The lowest BCUT2D eigenvalue weighted by Gasteiger charge is -2.20. The van der Waals surface area contributed by atoms with Gasteiger partial charge in [-0.2, -0.15) is 0 Å². The third kappa shape index (κ3) is 3.69. The topological polar surface area (TPSA) is 71.8 Å². The number of nitrogens with one attached hydrogen (secondary N) is 2. The second kappa shape index (κ2) is 8.00. The van der Waals surface area contributed by atoms with Crippen LogP contribution in [0.1, 0.15) is 28.2 Å². The van der Waals surface area contributed by atoms with Crippen LogP contribution in [-0.4, -0.2) is 27.2 Å². The molecule has 1 aromatic heterocycles. The van der Waals surface area contributed by atoms with Gasteiger partial charge < -0.3 is 15.2 Å². The van der Waals surface area contributed by atoms with Crippen molar-refractivity contribution in [2.24, 2.45) is 7.05 Å². The summed E-state index contributed by atoms with van der Waals surface area (Å²) in [6.45, 7) is 1.35. The molecule has 3 rings (SSSR count). The first-order valence-corrected chi connectivity index (χ1v) is 6.72. The van der Waals surface area contributed by atoms with Crippen molar-refractivity contribution in [1.82, 2.24) is 20.1 Å². The molecule has 0 unspecified atom stereocenters. The molecule has 1 aliphatic heterocycles. The number of fused-ring (bicyclic) bond motifs is 1. The Kier molecular flexibility index (Phi) is 6.64. The van der Waals surface area contributed by atoms with Crippen LogP contribution in [0.15, 0.2) is 24.5 Å². The molecule has 0 saturated heterocycles. The fourth-order valence-electron chi connectivity index (χ4n) is 2.44. The Labute approximate surface area is 141 Å². The van der Waals surface area contributed by atoms with Crippen LogP contribution < -0.4 is 10.6 Å². The Morgan fingerprint density at radius 1 is 1.41 bits per heavy atom. The van der Waals surface area contributed by atoms with Crippen LogP contribution in [0.3, 0.4) is 0 Å². The molecule has 0 spiro atoms. The van der Waals surface area contributed by atoms with E-state index in [0.717, 1.165) is 42.0 Å². The first-order valence-electron chi connectivity index (χ1n) is 6.72. The van der Waals surface area contributed by atoms with Gasteiger partial charge in [0.25, 0.3) is 5.91 Å². The van der Waals surface area contributed by atoms with Gasteiger partial charge in [0, 0.05) is 24.8 Å². The van der Waals surface area contributed by atoms with Crippen LogP contribution in [0.2, 0.25) is 0 Å². The molecule has 0 bridgehead atoms. The molecule has 0 fully saturated rings. The normalized spacial score (nSPS) is 12.2. The van der Waals surface area contributed by atoms with Gasteiger partial charge in [-0.25, -0.2) is 0 Å². The van der Waals surface area contributed by atoms with Crippen molar-refractivity contribution in [3.05, 3.63) is 41.5 Å². The van der Waals surface area contributed by atoms with Gasteiger partial charge in [0.15, 0.2) is 5.82 Å². The Hall–Kier alpha value is -1.79. The van der Waals surface area contributed by atoms with E-state index in [-0.39, 0.29) is 30.7 Å². The van der Waals surface area contributed by atoms with Gasteiger partial charge in [-0.3, -0.25) is 4.79 Å². The number of aryl methyl sites for hydroxylation is 1. The maximum atomic E-state index is 12.3. The van der Waals surface area contributed by atoms with Crippen molar-refractivity contribution in [2.45, 2.75) is 19.4 Å². The second-order valence-corrected chi connectivity index (χ2v) is 4.90. The summed E-state index contributed by atoms with van der Waals surface area (Å²) in [7, 11) is 1.86. The van der Waals surface area contributed by atoms with Gasteiger partial charge in [0.05, 0.1) is 6.54 Å². The largest absolute Gasteiger partial charge is 0.385 e. The lowest BCUT2D eigenvalue weighted by atomic mass is 9.97. The van der Waals surface area contributed by atoms with Crippen molar-refractivity contribution in [1.29, 1.82) is 0 Å². The number of anilines is 1. The SMILES string of the molecule is Cl.Cl.Cn1cnnc1CNC(=O)c1cccc2c1CCCN2. The molecule has 2 aromatic rings. The minimum Gasteiger partial charge on any atom is -0.385 e. The fourth-order valence-corrected chi connectivity index (χ4v) is 2.44. The number of amides is 1. The van der Waals surface area contributed by atoms with Gasteiger partial charge in [-0.15, -0.1) is 35.0 Å². The Balaban J connectivity index is 0.00000121. The van der Waals surface area contributed by atoms with Gasteiger partial charge >= 0.3 is 0 Å². The summed E-state index contributed by atoms with van der Waals surface area (Å²) >= 11 is 0. The minimum absolute atomic E-state index is 0. The highest BCUT2D eigenvalue weighted by Crippen LogP contribution is 2.25. The summed E-state index contributed by atoms with van der Waals surface area (Å²) in [5, 5.41) is 14.0. The molecule has 6 nitrogen and oxygen atoms in total. The first-order chi connectivity index (χ1) is 9.75. The maximum absolute atomic E-state index is 12.3. The van der Waals surface area contributed by atoms with Crippen molar-refractivity contribution in [3.8, 4) is 0 Å². The number of hydrogen-bond donors (Lipinski definition) is 2. The molecule has 0 atom stereocenters. The Morgan fingerprint density at radius 3 is 2.95 bits per heavy atom. The van der Waals surface area contributed by atoms with Crippen molar-refractivity contribution in [2.75, 3.05) is 11.9 Å². The summed E-state index contributed by atoms with van der Waals surface area (Å²) in [5.74, 6) is 0.676. The predicted octanol–water partition coefficient (Wildman–Crippen LogP) is 1.95. The molecule has 0 radical (unpaired) electrons. The molecular formula is C14H19Cl2N5O. The van der Waals surface area contributed by atoms with Gasteiger partial charge in [0.1, 0.15) is 6.33 Å². The maximum Gasteiger partial charge on any atom is 0.252 e. The van der Waals surface area contributed by atoms with Crippen LogP contribution in [0, 0.1) is 0 Å². The summed E-state index contributed by atoms with van der Waals surface area (Å²) in [5.41, 5.74) is 2.92. The van der Waals surface area contributed by atoms with E-state index in [1.807, 2.05) is 25.2 Å². The molecule has 0 aliphatic carbocycles. The van der Waals surface area contributed by atoms with Gasteiger partial charge in [-0.05, 0) is 30.5 Å². The van der Waals surface area contributed by atoms with Crippen LogP contribution in [0.25, 0.3) is 0 Å². The lowest BCUT2D eigenvalue weighted by Crippen LogP contribution is -2.26. The standard InChI is InChI=1S/C14H17N5O.2ClH/c1-19-9-17-18-13(19)8-16-14(20)11-4-2-6-12-10(11)5-3-7-15-12;;/h2,4,6,9,15H,3,5,7-8H2,1H3,(H,16,20);2*1H. The monoisotopic (exact) mass is 343 g/mol. The molecule has 1 aliphatic rings. The Bertz CT molecular complexity index is 644. The van der Waals surface area contributed by atoms with E-state index in [1.165, 1.54) is 0 Å². The van der Waals surface area contributed by atoms with Gasteiger partial charge in [-0.1, -0.05) is 6.07 Å². The average molecular weight is 344 g/mol. The molecule has 8 heteroatoms. The van der Waals surface area contributed by atoms with E-state index in [0.29, 0.717) is 6.54 Å². The van der Waals surface area contributed by atoms with Crippen LogP contribution in [0.5, 0.6) is 0 Å². The fraction of sp³-hybridized carbons (Fsp3) is 0.357. The zero-order valence-electron chi connectivity index (χ0n) is 12.2. The summed E-state index contributed by atoms with van der Waals surface area (Å²) in [6.07, 6.45) is 3.62. The number of nitrogens with zero attached hydrogens (tertiary/aromatic N) is 3. The number of carbonyl (C=O) groups is 1. The number of benzene rings is 1. The number of carbonyl (C=O) groups excluding carboxylic acids is 1. The quantitative estimate of drug-likeness (QED) is 0.893. The zero-order valence-corrected chi connectivity index (χ0v) is 13.8.